The van der Waals surface area contributed by atoms with Gasteiger partial charge >= 0.3 is 0 Å². The van der Waals surface area contributed by atoms with Crippen molar-refractivity contribution in [1.29, 1.82) is 0 Å². The van der Waals surface area contributed by atoms with Gasteiger partial charge in [0.25, 0.3) is 0 Å². The van der Waals surface area contributed by atoms with Crippen molar-refractivity contribution in [2.75, 3.05) is 11.6 Å². The maximum Gasteiger partial charge on any atom is 0.241 e. The quantitative estimate of drug-likeness (QED) is 0.713. The molecular weight excluding hydrogens is 221 g/mol. The molecule has 0 bridgehead atoms. The summed E-state index contributed by atoms with van der Waals surface area (Å²) in [6, 6.07) is 4.33. The van der Waals surface area contributed by atoms with Gasteiger partial charge in [0.2, 0.25) is 5.95 Å². The van der Waals surface area contributed by atoms with Crippen LogP contribution in [0.15, 0.2) is 18.2 Å². The second kappa shape index (κ2) is 3.39. The van der Waals surface area contributed by atoms with Crippen molar-refractivity contribution < 1.29 is 4.39 Å². The van der Waals surface area contributed by atoms with Crippen LogP contribution >= 0.6 is 11.6 Å². The highest BCUT2D eigenvalue weighted by molar-refractivity contribution is 6.33. The summed E-state index contributed by atoms with van der Waals surface area (Å²) in [6.07, 6.45) is 0. The molecule has 5 nitrogen and oxygen atoms in total. The fourth-order valence-corrected chi connectivity index (χ4v) is 1.37. The number of hydrogen-bond acceptors (Lipinski definition) is 4. The van der Waals surface area contributed by atoms with Crippen molar-refractivity contribution in [1.82, 2.24) is 14.9 Å². The van der Waals surface area contributed by atoms with E-state index in [0.717, 1.165) is 4.68 Å². The van der Waals surface area contributed by atoms with Crippen molar-refractivity contribution in [3.05, 3.63) is 29.0 Å². The molecule has 78 valence electrons. The van der Waals surface area contributed by atoms with Crippen molar-refractivity contribution >= 4 is 17.5 Å². The van der Waals surface area contributed by atoms with Gasteiger partial charge in [0.1, 0.15) is 5.82 Å². The Morgan fingerprint density at radius 2 is 2.07 bits per heavy atom. The number of halogens is 2. The molecule has 0 spiro atoms. The number of hydrogen-bond donors (Lipinski definition) is 2. The topological polar surface area (TPSA) is 82.8 Å². The van der Waals surface area contributed by atoms with Gasteiger partial charge < -0.3 is 11.6 Å². The minimum Gasteiger partial charge on any atom is -0.366 e. The van der Waals surface area contributed by atoms with Crippen LogP contribution in [-0.2, 0) is 0 Å². The van der Waals surface area contributed by atoms with Gasteiger partial charge in [0.15, 0.2) is 5.82 Å². The maximum absolute atomic E-state index is 13.1. The number of rotatable bonds is 1. The average molecular weight is 228 g/mol. The summed E-state index contributed by atoms with van der Waals surface area (Å²) in [5, 5.41) is 7.19. The lowest BCUT2D eigenvalue weighted by Gasteiger charge is -2.03. The Balaban J connectivity index is 2.64. The smallest absolute Gasteiger partial charge is 0.241 e. The number of nitrogens with zero attached hydrogens (tertiary/aromatic N) is 3. The Morgan fingerprint density at radius 1 is 1.33 bits per heavy atom. The largest absolute Gasteiger partial charge is 0.366 e. The second-order valence-electron chi connectivity index (χ2n) is 2.85. The number of benzene rings is 1. The highest BCUT2D eigenvalue weighted by Crippen LogP contribution is 2.28. The van der Waals surface area contributed by atoms with Crippen molar-refractivity contribution in [2.24, 2.45) is 0 Å². The van der Waals surface area contributed by atoms with Crippen LogP contribution in [0, 0.1) is 5.82 Å². The molecule has 0 fully saturated rings. The van der Waals surface area contributed by atoms with Crippen LogP contribution in [0.5, 0.6) is 0 Å². The molecule has 2 aromatic rings. The van der Waals surface area contributed by atoms with Gasteiger partial charge in [0.05, 0.1) is 5.02 Å². The molecule has 0 aliphatic rings. The molecule has 0 aliphatic heterocycles. The summed E-state index contributed by atoms with van der Waals surface area (Å²) in [5.74, 6) is 5.25. The first kappa shape index (κ1) is 9.72. The normalized spacial score (nSPS) is 10.5. The molecule has 15 heavy (non-hydrogen) atoms. The highest BCUT2D eigenvalue weighted by atomic mass is 35.5. The lowest BCUT2D eigenvalue weighted by Crippen LogP contribution is -2.13. The fourth-order valence-electron chi connectivity index (χ4n) is 1.16. The van der Waals surface area contributed by atoms with Gasteiger partial charge in [-0.2, -0.15) is 0 Å². The zero-order chi connectivity index (χ0) is 11.0. The van der Waals surface area contributed by atoms with E-state index in [-0.39, 0.29) is 16.8 Å². The van der Waals surface area contributed by atoms with E-state index in [9.17, 15) is 4.39 Å². The first-order valence-corrected chi connectivity index (χ1v) is 4.39. The van der Waals surface area contributed by atoms with Gasteiger partial charge in [-0.3, -0.25) is 0 Å². The summed E-state index contributed by atoms with van der Waals surface area (Å²) in [7, 11) is 0. The minimum absolute atomic E-state index is 0.0327. The standard InChI is InChI=1S/C8H7ClFN5/c9-6-4(2-1-3-5(6)10)7-13-14-8(11)15(7)12/h1-3H,12H2,(H2,11,14). The van der Waals surface area contributed by atoms with Gasteiger partial charge in [-0.25, -0.2) is 9.07 Å². The van der Waals surface area contributed by atoms with E-state index in [2.05, 4.69) is 10.2 Å². The van der Waals surface area contributed by atoms with Crippen LogP contribution in [0.4, 0.5) is 10.3 Å². The van der Waals surface area contributed by atoms with E-state index in [0.29, 0.717) is 5.56 Å². The Morgan fingerprint density at radius 3 is 2.67 bits per heavy atom. The Bertz CT molecular complexity index is 510. The summed E-state index contributed by atoms with van der Waals surface area (Å²) >= 11 is 5.76. The van der Waals surface area contributed by atoms with Gasteiger partial charge in [-0.15, -0.1) is 10.2 Å². The van der Waals surface area contributed by atoms with Crippen LogP contribution in [0.25, 0.3) is 11.4 Å². The SMILES string of the molecule is Nc1nnc(-c2cccc(F)c2Cl)n1N. The van der Waals surface area contributed by atoms with Crippen LogP contribution in [0.2, 0.25) is 5.02 Å². The van der Waals surface area contributed by atoms with Crippen LogP contribution in [0.1, 0.15) is 0 Å². The molecule has 0 aliphatic carbocycles. The molecular formula is C8H7ClFN5. The van der Waals surface area contributed by atoms with Gasteiger partial charge in [0, 0.05) is 5.56 Å². The van der Waals surface area contributed by atoms with E-state index < -0.39 is 5.82 Å². The first-order valence-electron chi connectivity index (χ1n) is 4.01. The predicted molar refractivity (Wildman–Crippen MR) is 55.0 cm³/mol. The van der Waals surface area contributed by atoms with E-state index >= 15 is 0 Å². The van der Waals surface area contributed by atoms with Crippen LogP contribution < -0.4 is 11.6 Å². The van der Waals surface area contributed by atoms with Crippen molar-refractivity contribution in [3.8, 4) is 11.4 Å². The highest BCUT2D eigenvalue weighted by Gasteiger charge is 2.14. The molecule has 4 N–H and O–H groups in total. The van der Waals surface area contributed by atoms with E-state index in [1.165, 1.54) is 12.1 Å². The van der Waals surface area contributed by atoms with Crippen molar-refractivity contribution in [3.63, 3.8) is 0 Å². The third kappa shape index (κ3) is 1.48. The Hall–Kier alpha value is -1.82. The molecule has 1 heterocycles. The monoisotopic (exact) mass is 227 g/mol. The molecule has 7 heteroatoms. The zero-order valence-corrected chi connectivity index (χ0v) is 8.24. The van der Waals surface area contributed by atoms with E-state index in [4.69, 9.17) is 23.2 Å². The summed E-state index contributed by atoms with van der Waals surface area (Å²) in [4.78, 5) is 0. The summed E-state index contributed by atoms with van der Waals surface area (Å²) < 4.78 is 14.2. The Labute approximate surface area is 89.4 Å². The zero-order valence-electron chi connectivity index (χ0n) is 7.48. The number of nitrogens with two attached hydrogens (primary N) is 2. The van der Waals surface area contributed by atoms with Crippen LogP contribution in [-0.4, -0.2) is 14.9 Å². The summed E-state index contributed by atoms with van der Waals surface area (Å²) in [5.41, 5.74) is 5.74. The maximum atomic E-state index is 13.1. The molecule has 0 radical (unpaired) electrons. The number of nitrogen functional groups attached to an aromatic ring is 2. The number of anilines is 1. The third-order valence-electron chi connectivity index (χ3n) is 1.91. The molecule has 0 saturated heterocycles. The Kier molecular flexibility index (Phi) is 2.20. The number of aromatic nitrogens is 3. The van der Waals surface area contributed by atoms with Gasteiger partial charge in [-0.05, 0) is 12.1 Å². The molecule has 1 aromatic carbocycles. The lowest BCUT2D eigenvalue weighted by molar-refractivity contribution is 0.628. The molecule has 0 unspecified atom stereocenters. The van der Waals surface area contributed by atoms with E-state index in [1.54, 1.807) is 6.07 Å². The molecule has 0 amide bonds. The molecule has 0 atom stereocenters. The fraction of sp³-hybridized carbons (Fsp3) is 0. The molecule has 1 aromatic heterocycles. The first-order chi connectivity index (χ1) is 7.11. The third-order valence-corrected chi connectivity index (χ3v) is 2.30. The van der Waals surface area contributed by atoms with Gasteiger partial charge in [-0.1, -0.05) is 17.7 Å². The lowest BCUT2D eigenvalue weighted by atomic mass is 10.2. The molecule has 0 saturated carbocycles. The molecule has 2 rings (SSSR count). The predicted octanol–water partition coefficient (Wildman–Crippen LogP) is 1.03. The van der Waals surface area contributed by atoms with Crippen LogP contribution in [0.3, 0.4) is 0 Å². The summed E-state index contributed by atoms with van der Waals surface area (Å²) in [6.45, 7) is 0. The average Bonchev–Trinajstić information content (AvgIpc) is 2.53. The van der Waals surface area contributed by atoms with Crippen molar-refractivity contribution in [2.45, 2.75) is 0 Å². The second-order valence-corrected chi connectivity index (χ2v) is 3.23. The van der Waals surface area contributed by atoms with E-state index in [1.807, 2.05) is 0 Å². The minimum atomic E-state index is -0.546.